The zero-order chi connectivity index (χ0) is 6.78. The van der Waals surface area contributed by atoms with E-state index in [-0.39, 0.29) is 0 Å². The molecule has 0 radical (unpaired) electrons. The summed E-state index contributed by atoms with van der Waals surface area (Å²) in [5.74, 6) is 0. The van der Waals surface area contributed by atoms with Crippen molar-refractivity contribution in [3.63, 3.8) is 0 Å². The molecule has 0 heterocycles. The third kappa shape index (κ3) is 6.03. The third-order valence-corrected chi connectivity index (χ3v) is 0.899. The number of rotatable bonds is 0. The molecule has 0 aliphatic carbocycles. The highest BCUT2D eigenvalue weighted by molar-refractivity contribution is 8.23. The number of thioether (sulfide) groups is 1. The quantitative estimate of drug-likeness (QED) is 0.545. The molecule has 1 nitrogen and oxygen atoms in total. The second-order valence-corrected chi connectivity index (χ2v) is 2.67. The van der Waals surface area contributed by atoms with Crippen molar-refractivity contribution < 1.29 is 13.2 Å². The van der Waals surface area contributed by atoms with E-state index in [1.165, 1.54) is 0 Å². The number of alkyl halides is 3. The molecule has 48 valence electrons. The van der Waals surface area contributed by atoms with Crippen LogP contribution in [0, 0.1) is 0 Å². The van der Waals surface area contributed by atoms with Crippen molar-refractivity contribution in [2.45, 2.75) is 5.51 Å². The Kier molecular flexibility index (Phi) is 2.55. The smallest absolute Gasteiger partial charge is 0.384 e. The maximum atomic E-state index is 11.1. The molecule has 0 unspecified atom stereocenters. The van der Waals surface area contributed by atoms with E-state index in [0.29, 0.717) is 0 Å². The molecule has 0 aromatic rings. The Hall–Kier alpha value is 0.0300. The Morgan fingerprint density at radius 3 is 1.88 bits per heavy atom. The Bertz CT molecular complexity index is 97.9. The first kappa shape index (κ1) is 8.03. The molecule has 8 heavy (non-hydrogen) atoms. The van der Waals surface area contributed by atoms with Crippen LogP contribution in [0.25, 0.3) is 0 Å². The summed E-state index contributed by atoms with van der Waals surface area (Å²) in [4.78, 5) is 0. The van der Waals surface area contributed by atoms with Gasteiger partial charge < -0.3 is 5.73 Å². The Balaban J connectivity index is 3.55. The second kappa shape index (κ2) is 2.54. The van der Waals surface area contributed by atoms with Gasteiger partial charge >= 0.3 is 5.51 Å². The van der Waals surface area contributed by atoms with Crippen LogP contribution in [0.1, 0.15) is 0 Å². The molecule has 0 aromatic carbocycles. The predicted octanol–water partition coefficient (Wildman–Crippen LogP) is 1.48. The van der Waals surface area contributed by atoms with E-state index in [1.807, 2.05) is 0 Å². The standard InChI is InChI=1S/C2H2F3NS2/c3-2(4,5)8-1(6)7/h(H2,6,7). The zero-order valence-corrected chi connectivity index (χ0v) is 5.16. The highest BCUT2D eigenvalue weighted by Gasteiger charge is 2.29. The van der Waals surface area contributed by atoms with Crippen LogP contribution in [-0.2, 0) is 0 Å². The van der Waals surface area contributed by atoms with Crippen LogP contribution < -0.4 is 5.73 Å². The number of halogens is 3. The fraction of sp³-hybridized carbons (Fsp3) is 0.500. The topological polar surface area (TPSA) is 26.0 Å². The van der Waals surface area contributed by atoms with Gasteiger partial charge in [-0.3, -0.25) is 0 Å². The van der Waals surface area contributed by atoms with Gasteiger partial charge in [0.2, 0.25) is 0 Å². The average molecular weight is 161 g/mol. The average Bonchev–Trinajstić information content (AvgIpc) is 1.21. The molecule has 0 aliphatic rings. The van der Waals surface area contributed by atoms with Gasteiger partial charge in [-0.05, 0) is 0 Å². The molecule has 0 fully saturated rings. The van der Waals surface area contributed by atoms with Gasteiger partial charge in [0.15, 0.2) is 0 Å². The first-order valence-electron chi connectivity index (χ1n) is 1.47. The fourth-order valence-corrected chi connectivity index (χ4v) is 0.626. The van der Waals surface area contributed by atoms with Crippen LogP contribution in [0.4, 0.5) is 13.2 Å². The highest BCUT2D eigenvalue weighted by Crippen LogP contribution is 2.29. The van der Waals surface area contributed by atoms with Crippen molar-refractivity contribution >= 4 is 28.3 Å². The highest BCUT2D eigenvalue weighted by atomic mass is 32.2. The van der Waals surface area contributed by atoms with Gasteiger partial charge in [-0.15, -0.1) is 0 Å². The van der Waals surface area contributed by atoms with Gasteiger partial charge in [0.1, 0.15) is 4.32 Å². The lowest BCUT2D eigenvalue weighted by Crippen LogP contribution is -2.11. The Labute approximate surface area is 53.4 Å². The van der Waals surface area contributed by atoms with Gasteiger partial charge in [0.05, 0.1) is 0 Å². The van der Waals surface area contributed by atoms with Crippen molar-refractivity contribution in [3.8, 4) is 0 Å². The molecule has 0 saturated carbocycles. The Morgan fingerprint density at radius 1 is 1.50 bits per heavy atom. The van der Waals surface area contributed by atoms with Crippen LogP contribution in [0.5, 0.6) is 0 Å². The maximum absolute atomic E-state index is 11.1. The summed E-state index contributed by atoms with van der Waals surface area (Å²) in [5, 5.41) is 0. The molecule has 0 spiro atoms. The lowest BCUT2D eigenvalue weighted by Gasteiger charge is -2.00. The van der Waals surface area contributed by atoms with Gasteiger partial charge in [0, 0.05) is 11.8 Å². The van der Waals surface area contributed by atoms with E-state index in [2.05, 4.69) is 18.0 Å². The summed E-state index contributed by atoms with van der Waals surface area (Å²) < 4.78 is 32.7. The molecular weight excluding hydrogens is 159 g/mol. The van der Waals surface area contributed by atoms with E-state index in [9.17, 15) is 13.2 Å². The van der Waals surface area contributed by atoms with Gasteiger partial charge in [0.25, 0.3) is 0 Å². The van der Waals surface area contributed by atoms with Gasteiger partial charge in [-0.1, -0.05) is 12.2 Å². The first-order valence-corrected chi connectivity index (χ1v) is 2.69. The van der Waals surface area contributed by atoms with E-state index >= 15 is 0 Å². The monoisotopic (exact) mass is 161 g/mol. The molecule has 0 bridgehead atoms. The largest absolute Gasteiger partial charge is 0.448 e. The van der Waals surface area contributed by atoms with Crippen molar-refractivity contribution in [3.05, 3.63) is 0 Å². The zero-order valence-electron chi connectivity index (χ0n) is 3.53. The number of nitrogens with two attached hydrogens (primary N) is 1. The molecule has 6 heteroatoms. The van der Waals surface area contributed by atoms with Crippen LogP contribution in [0.3, 0.4) is 0 Å². The molecular formula is C2H2F3NS2. The van der Waals surface area contributed by atoms with Crippen LogP contribution >= 0.6 is 24.0 Å². The summed E-state index contributed by atoms with van der Waals surface area (Å²) in [6.07, 6.45) is 0. The number of hydrogen-bond donors (Lipinski definition) is 1. The van der Waals surface area contributed by atoms with E-state index in [4.69, 9.17) is 0 Å². The SMILES string of the molecule is NC(=S)SC(F)(F)F. The molecule has 2 N–H and O–H groups in total. The van der Waals surface area contributed by atoms with Crippen LogP contribution in [0.2, 0.25) is 0 Å². The van der Waals surface area contributed by atoms with E-state index < -0.39 is 21.6 Å². The molecule has 0 rings (SSSR count). The minimum Gasteiger partial charge on any atom is -0.384 e. The maximum Gasteiger partial charge on any atom is 0.448 e. The molecule has 0 atom stereocenters. The minimum atomic E-state index is -4.33. The van der Waals surface area contributed by atoms with Crippen molar-refractivity contribution in [1.29, 1.82) is 0 Å². The lowest BCUT2D eigenvalue weighted by molar-refractivity contribution is -0.0315. The summed E-state index contributed by atoms with van der Waals surface area (Å²) >= 11 is 3.49. The molecule has 0 saturated heterocycles. The summed E-state index contributed by atoms with van der Waals surface area (Å²) in [6.45, 7) is 0. The lowest BCUT2D eigenvalue weighted by atomic mass is 11.5. The first-order chi connectivity index (χ1) is 3.42. The van der Waals surface area contributed by atoms with Crippen LogP contribution in [-0.4, -0.2) is 9.83 Å². The second-order valence-electron chi connectivity index (χ2n) is 0.867. The van der Waals surface area contributed by atoms with Crippen molar-refractivity contribution in [2.75, 3.05) is 0 Å². The normalized spacial score (nSPS) is 11.4. The molecule has 0 amide bonds. The molecule has 0 aromatic heterocycles. The Morgan fingerprint density at radius 2 is 1.88 bits per heavy atom. The van der Waals surface area contributed by atoms with E-state index in [0.717, 1.165) is 0 Å². The van der Waals surface area contributed by atoms with Crippen molar-refractivity contribution in [2.24, 2.45) is 5.73 Å². The predicted molar refractivity (Wildman–Crippen MR) is 30.4 cm³/mol. The third-order valence-electron chi connectivity index (χ3n) is 0.216. The summed E-state index contributed by atoms with van der Waals surface area (Å²) in [7, 11) is 0. The number of hydrogen-bond acceptors (Lipinski definition) is 2. The van der Waals surface area contributed by atoms with E-state index in [1.54, 1.807) is 0 Å². The van der Waals surface area contributed by atoms with Gasteiger partial charge in [-0.25, -0.2) is 0 Å². The summed E-state index contributed by atoms with van der Waals surface area (Å²) in [5.41, 5.74) is 0.225. The minimum absolute atomic E-state index is 0.479. The number of thiocarbonyl (C=S) groups is 1. The fourth-order valence-electron chi connectivity index (χ4n) is 0.114. The van der Waals surface area contributed by atoms with Gasteiger partial charge in [-0.2, -0.15) is 13.2 Å². The van der Waals surface area contributed by atoms with Crippen LogP contribution in [0.15, 0.2) is 0 Å². The summed E-state index contributed by atoms with van der Waals surface area (Å²) in [6, 6.07) is 0. The van der Waals surface area contributed by atoms with Crippen molar-refractivity contribution in [1.82, 2.24) is 0 Å². The molecule has 0 aliphatic heterocycles.